The minimum absolute atomic E-state index is 0.384. The van der Waals surface area contributed by atoms with Crippen LogP contribution >= 0.6 is 11.3 Å². The van der Waals surface area contributed by atoms with Crippen LogP contribution in [0, 0.1) is 11.8 Å². The van der Waals surface area contributed by atoms with Gasteiger partial charge in [0, 0.05) is 27.1 Å². The van der Waals surface area contributed by atoms with Gasteiger partial charge in [0.15, 0.2) is 0 Å². The first kappa shape index (κ1) is 13.2. The van der Waals surface area contributed by atoms with Gasteiger partial charge < -0.3 is 5.11 Å². The van der Waals surface area contributed by atoms with Gasteiger partial charge in [-0.3, -0.25) is 0 Å². The molecule has 0 amide bonds. The Hall–Kier alpha value is -2.25. The van der Waals surface area contributed by atoms with E-state index in [0.717, 1.165) is 5.56 Å². The summed E-state index contributed by atoms with van der Waals surface area (Å²) in [4.78, 5) is 2.76. The van der Waals surface area contributed by atoms with Gasteiger partial charge in [0.1, 0.15) is 5.60 Å². The standard InChI is InChI=1S/C14H11N3OS/c1-14(18,8-6-11-7-9-19-10-11)12-4-2-3-5-13(12)16-17-15/h2-5,7,9-10,18H,1H3. The van der Waals surface area contributed by atoms with Gasteiger partial charge in [-0.25, -0.2) is 0 Å². The molecule has 0 fully saturated rings. The van der Waals surface area contributed by atoms with E-state index in [0.29, 0.717) is 11.3 Å². The molecular formula is C14H11N3OS. The second kappa shape index (κ2) is 5.59. The van der Waals surface area contributed by atoms with Crippen molar-refractivity contribution in [2.45, 2.75) is 12.5 Å². The summed E-state index contributed by atoms with van der Waals surface area (Å²) in [5.41, 5.74) is 8.90. The predicted molar refractivity (Wildman–Crippen MR) is 76.0 cm³/mol. The highest BCUT2D eigenvalue weighted by atomic mass is 32.1. The lowest BCUT2D eigenvalue weighted by Gasteiger charge is -2.18. The molecule has 94 valence electrons. The Balaban J connectivity index is 2.42. The van der Waals surface area contributed by atoms with E-state index in [2.05, 4.69) is 21.9 Å². The molecule has 0 bridgehead atoms. The van der Waals surface area contributed by atoms with Gasteiger partial charge >= 0.3 is 0 Å². The second-order valence-electron chi connectivity index (χ2n) is 4.04. The van der Waals surface area contributed by atoms with Crippen molar-refractivity contribution in [3.05, 3.63) is 62.7 Å². The monoisotopic (exact) mass is 269 g/mol. The highest BCUT2D eigenvalue weighted by Gasteiger charge is 2.22. The molecule has 4 nitrogen and oxygen atoms in total. The van der Waals surface area contributed by atoms with Crippen molar-refractivity contribution >= 4 is 17.0 Å². The van der Waals surface area contributed by atoms with Crippen molar-refractivity contribution in [3.8, 4) is 11.8 Å². The molecule has 2 rings (SSSR count). The van der Waals surface area contributed by atoms with E-state index in [1.165, 1.54) is 0 Å². The summed E-state index contributed by atoms with van der Waals surface area (Å²) >= 11 is 1.55. The summed E-state index contributed by atoms with van der Waals surface area (Å²) in [5, 5.41) is 17.8. The van der Waals surface area contributed by atoms with Crippen LogP contribution in [-0.2, 0) is 5.60 Å². The maximum atomic E-state index is 10.4. The third-order valence-corrected chi connectivity index (χ3v) is 3.24. The van der Waals surface area contributed by atoms with Crippen molar-refractivity contribution in [1.82, 2.24) is 0 Å². The third kappa shape index (κ3) is 3.15. The Morgan fingerprint density at radius 1 is 1.37 bits per heavy atom. The molecule has 1 unspecified atom stereocenters. The molecule has 1 aromatic carbocycles. The zero-order valence-electron chi connectivity index (χ0n) is 10.2. The van der Waals surface area contributed by atoms with Crippen LogP contribution in [0.1, 0.15) is 18.1 Å². The van der Waals surface area contributed by atoms with Crippen LogP contribution in [-0.4, -0.2) is 5.11 Å². The number of hydrogen-bond donors (Lipinski definition) is 1. The number of aliphatic hydroxyl groups is 1. The fourth-order valence-corrected chi connectivity index (χ4v) is 2.21. The zero-order chi connectivity index (χ0) is 13.7. The van der Waals surface area contributed by atoms with E-state index < -0.39 is 5.60 Å². The largest absolute Gasteiger partial charge is 0.374 e. The van der Waals surface area contributed by atoms with Gasteiger partial charge in [-0.2, -0.15) is 11.3 Å². The van der Waals surface area contributed by atoms with Crippen molar-refractivity contribution < 1.29 is 5.11 Å². The number of rotatable bonds is 2. The summed E-state index contributed by atoms with van der Waals surface area (Å²) in [6, 6.07) is 8.75. The smallest absolute Gasteiger partial charge is 0.148 e. The fourth-order valence-electron chi connectivity index (χ4n) is 1.62. The lowest BCUT2D eigenvalue weighted by molar-refractivity contribution is 0.123. The lowest BCUT2D eigenvalue weighted by atomic mass is 9.95. The summed E-state index contributed by atoms with van der Waals surface area (Å²) in [7, 11) is 0. The first-order valence-electron chi connectivity index (χ1n) is 5.56. The van der Waals surface area contributed by atoms with E-state index in [1.807, 2.05) is 16.8 Å². The molecule has 0 aliphatic heterocycles. The average Bonchev–Trinajstić information content (AvgIpc) is 2.91. The summed E-state index contributed by atoms with van der Waals surface area (Å²) in [6.07, 6.45) is 0. The fraction of sp³-hybridized carbons (Fsp3) is 0.143. The van der Waals surface area contributed by atoms with Crippen molar-refractivity contribution in [1.29, 1.82) is 0 Å². The van der Waals surface area contributed by atoms with Crippen LogP contribution in [0.15, 0.2) is 46.2 Å². The Morgan fingerprint density at radius 3 is 2.84 bits per heavy atom. The topological polar surface area (TPSA) is 69.0 Å². The molecule has 1 N–H and O–H groups in total. The van der Waals surface area contributed by atoms with Gasteiger partial charge in [0.05, 0.1) is 0 Å². The van der Waals surface area contributed by atoms with E-state index >= 15 is 0 Å². The zero-order valence-corrected chi connectivity index (χ0v) is 11.1. The molecule has 2 aromatic rings. The predicted octanol–water partition coefficient (Wildman–Crippen LogP) is 3.95. The molecule has 0 saturated heterocycles. The van der Waals surface area contributed by atoms with E-state index in [1.54, 1.807) is 42.5 Å². The molecule has 0 aliphatic carbocycles. The molecule has 19 heavy (non-hydrogen) atoms. The molecule has 5 heteroatoms. The van der Waals surface area contributed by atoms with Crippen molar-refractivity contribution in [2.24, 2.45) is 5.11 Å². The molecule has 1 aromatic heterocycles. The van der Waals surface area contributed by atoms with Crippen LogP contribution in [0.3, 0.4) is 0 Å². The van der Waals surface area contributed by atoms with Crippen LogP contribution in [0.4, 0.5) is 5.69 Å². The molecule has 0 spiro atoms. The maximum Gasteiger partial charge on any atom is 0.148 e. The molecule has 1 atom stereocenters. The number of benzene rings is 1. The van der Waals surface area contributed by atoms with Gasteiger partial charge in [-0.15, -0.1) is 0 Å². The second-order valence-corrected chi connectivity index (χ2v) is 4.82. The highest BCUT2D eigenvalue weighted by Crippen LogP contribution is 2.29. The number of nitrogens with zero attached hydrogens (tertiary/aromatic N) is 3. The van der Waals surface area contributed by atoms with Crippen molar-refractivity contribution in [2.75, 3.05) is 0 Å². The van der Waals surface area contributed by atoms with Crippen LogP contribution in [0.2, 0.25) is 0 Å². The quantitative estimate of drug-likeness (QED) is 0.381. The summed E-state index contributed by atoms with van der Waals surface area (Å²) in [6.45, 7) is 1.58. The van der Waals surface area contributed by atoms with Crippen LogP contribution < -0.4 is 0 Å². The minimum Gasteiger partial charge on any atom is -0.374 e. The molecule has 0 saturated carbocycles. The van der Waals surface area contributed by atoms with E-state index in [-0.39, 0.29) is 0 Å². The number of hydrogen-bond acceptors (Lipinski definition) is 3. The molecule has 0 aliphatic rings. The van der Waals surface area contributed by atoms with Crippen LogP contribution in [0.5, 0.6) is 0 Å². The SMILES string of the molecule is CC(O)(C#Cc1ccsc1)c1ccccc1N=[N+]=[N-]. The Bertz CT molecular complexity index is 674. The Kier molecular flexibility index (Phi) is 3.88. The summed E-state index contributed by atoms with van der Waals surface area (Å²) < 4.78 is 0. The number of azide groups is 1. The molecule has 0 radical (unpaired) electrons. The normalized spacial score (nSPS) is 12.7. The van der Waals surface area contributed by atoms with Gasteiger partial charge in [-0.05, 0) is 23.9 Å². The first-order valence-corrected chi connectivity index (χ1v) is 6.50. The third-order valence-electron chi connectivity index (χ3n) is 2.55. The Labute approximate surface area is 115 Å². The highest BCUT2D eigenvalue weighted by molar-refractivity contribution is 7.08. The minimum atomic E-state index is -1.37. The van der Waals surface area contributed by atoms with Gasteiger partial charge in [0.2, 0.25) is 0 Å². The van der Waals surface area contributed by atoms with Crippen molar-refractivity contribution in [3.63, 3.8) is 0 Å². The average molecular weight is 269 g/mol. The first-order chi connectivity index (χ1) is 9.13. The van der Waals surface area contributed by atoms with Gasteiger partial charge in [-0.1, -0.05) is 41.2 Å². The maximum absolute atomic E-state index is 10.4. The summed E-state index contributed by atoms with van der Waals surface area (Å²) in [5.74, 6) is 5.71. The number of thiophene rings is 1. The van der Waals surface area contributed by atoms with E-state index in [9.17, 15) is 5.11 Å². The molecular weight excluding hydrogens is 258 g/mol. The Morgan fingerprint density at radius 2 is 2.16 bits per heavy atom. The van der Waals surface area contributed by atoms with Gasteiger partial charge in [0.25, 0.3) is 0 Å². The molecule has 1 heterocycles. The lowest BCUT2D eigenvalue weighted by Crippen LogP contribution is -2.18. The van der Waals surface area contributed by atoms with E-state index in [4.69, 9.17) is 5.53 Å². The van der Waals surface area contributed by atoms with Crippen LogP contribution in [0.25, 0.3) is 10.4 Å².